The van der Waals surface area contributed by atoms with Crippen molar-refractivity contribution < 1.29 is 14.6 Å². The Labute approximate surface area is 144 Å². The first-order chi connectivity index (χ1) is 10.7. The summed E-state index contributed by atoms with van der Waals surface area (Å²) in [5.74, 6) is -0.0111. The molecule has 1 atom stereocenters. The van der Waals surface area contributed by atoms with E-state index in [0.29, 0.717) is 13.0 Å². The summed E-state index contributed by atoms with van der Waals surface area (Å²) in [5, 5.41) is 16.3. The number of rotatable bonds is 7. The van der Waals surface area contributed by atoms with Gasteiger partial charge >= 0.3 is 0 Å². The summed E-state index contributed by atoms with van der Waals surface area (Å²) in [7, 11) is 1.63. The van der Waals surface area contributed by atoms with E-state index in [-0.39, 0.29) is 24.9 Å². The average molecular weight is 343 g/mol. The quantitative estimate of drug-likeness (QED) is 0.695. The van der Waals surface area contributed by atoms with Gasteiger partial charge in [-0.1, -0.05) is 30.3 Å². The lowest BCUT2D eigenvalue weighted by atomic mass is 9.78. The van der Waals surface area contributed by atoms with Crippen LogP contribution in [0.5, 0.6) is 0 Å². The molecule has 0 bridgehead atoms. The molecule has 1 aromatic rings. The van der Waals surface area contributed by atoms with Crippen LogP contribution in [-0.2, 0) is 16.0 Å². The van der Waals surface area contributed by atoms with Crippen LogP contribution in [0.25, 0.3) is 0 Å². The van der Waals surface area contributed by atoms with Crippen LogP contribution < -0.4 is 10.6 Å². The van der Waals surface area contributed by atoms with Crippen molar-refractivity contribution in [2.24, 2.45) is 5.41 Å². The van der Waals surface area contributed by atoms with Crippen molar-refractivity contribution in [3.8, 4) is 0 Å². The third-order valence-electron chi connectivity index (χ3n) is 4.28. The van der Waals surface area contributed by atoms with Gasteiger partial charge in [0.25, 0.3) is 0 Å². The number of methoxy groups -OCH3 is 1. The maximum absolute atomic E-state index is 12.5. The summed E-state index contributed by atoms with van der Waals surface area (Å²) in [5.41, 5.74) is 0.602. The molecule has 2 rings (SSSR count). The number of carbonyl (C=O) groups excluding carboxylic acids is 1. The average Bonchev–Trinajstić information content (AvgIpc) is 2.54. The molecule has 5 nitrogen and oxygen atoms in total. The monoisotopic (exact) mass is 342 g/mol. The maximum Gasteiger partial charge on any atom is 0.228 e. The fourth-order valence-corrected chi connectivity index (χ4v) is 2.97. The van der Waals surface area contributed by atoms with Crippen LogP contribution in [0.2, 0.25) is 0 Å². The lowest BCUT2D eigenvalue weighted by molar-refractivity contribution is -0.136. The molecular formula is C17H27ClN2O3. The molecule has 0 saturated carbocycles. The molecule has 130 valence electrons. The van der Waals surface area contributed by atoms with Gasteiger partial charge in [0.1, 0.15) is 0 Å². The van der Waals surface area contributed by atoms with E-state index in [0.717, 1.165) is 31.5 Å². The molecule has 23 heavy (non-hydrogen) atoms. The van der Waals surface area contributed by atoms with E-state index >= 15 is 0 Å². The Hall–Kier alpha value is -1.14. The highest BCUT2D eigenvalue weighted by Crippen LogP contribution is 2.29. The van der Waals surface area contributed by atoms with Crippen molar-refractivity contribution in [2.75, 3.05) is 33.4 Å². The van der Waals surface area contributed by atoms with Crippen molar-refractivity contribution >= 4 is 18.3 Å². The minimum Gasteiger partial charge on any atom is -0.391 e. The van der Waals surface area contributed by atoms with Crippen LogP contribution in [0.1, 0.15) is 18.4 Å². The molecule has 1 aliphatic rings. The maximum atomic E-state index is 12.5. The van der Waals surface area contributed by atoms with Gasteiger partial charge in [-0.2, -0.15) is 0 Å². The Morgan fingerprint density at radius 3 is 2.61 bits per heavy atom. The van der Waals surface area contributed by atoms with Gasteiger partial charge in [-0.25, -0.2) is 0 Å². The molecule has 0 aliphatic carbocycles. The molecule has 1 fully saturated rings. The molecule has 0 aromatic heterocycles. The molecule has 1 unspecified atom stereocenters. The van der Waals surface area contributed by atoms with Crippen LogP contribution in [0.15, 0.2) is 30.3 Å². The van der Waals surface area contributed by atoms with Gasteiger partial charge in [-0.3, -0.25) is 4.79 Å². The van der Waals surface area contributed by atoms with E-state index < -0.39 is 11.5 Å². The van der Waals surface area contributed by atoms with Crippen molar-refractivity contribution in [1.82, 2.24) is 10.6 Å². The molecule has 3 N–H and O–H groups in total. The molecule has 0 spiro atoms. The first-order valence-corrected chi connectivity index (χ1v) is 7.86. The number of aliphatic hydroxyl groups is 1. The van der Waals surface area contributed by atoms with E-state index in [1.165, 1.54) is 0 Å². The molecule has 1 aromatic carbocycles. The number of ether oxygens (including phenoxy) is 1. The third-order valence-corrected chi connectivity index (χ3v) is 4.28. The molecule has 1 heterocycles. The smallest absolute Gasteiger partial charge is 0.228 e. The number of aliphatic hydroxyl groups excluding tert-OH is 1. The zero-order chi connectivity index (χ0) is 15.8. The van der Waals surface area contributed by atoms with Crippen molar-refractivity contribution in [3.63, 3.8) is 0 Å². The highest BCUT2D eigenvalue weighted by atomic mass is 35.5. The van der Waals surface area contributed by atoms with Crippen molar-refractivity contribution in [1.29, 1.82) is 0 Å². The van der Waals surface area contributed by atoms with Gasteiger partial charge in [0.05, 0.1) is 18.1 Å². The van der Waals surface area contributed by atoms with Gasteiger partial charge in [0.2, 0.25) is 5.91 Å². The largest absolute Gasteiger partial charge is 0.391 e. The highest BCUT2D eigenvalue weighted by Gasteiger charge is 2.39. The zero-order valence-electron chi connectivity index (χ0n) is 13.6. The van der Waals surface area contributed by atoms with Crippen LogP contribution >= 0.6 is 12.4 Å². The number of carbonyl (C=O) groups is 1. The van der Waals surface area contributed by atoms with E-state index in [2.05, 4.69) is 10.6 Å². The number of hydrogen-bond acceptors (Lipinski definition) is 4. The molecule has 1 aliphatic heterocycles. The van der Waals surface area contributed by atoms with Crippen LogP contribution in [0.3, 0.4) is 0 Å². The number of hydrogen-bond donors (Lipinski definition) is 3. The third kappa shape index (κ3) is 5.77. The standard InChI is InChI=1S/C17H26N2O3.ClH/c1-22-13-17(7-9-18-10-8-17)16(21)19-12-15(20)11-14-5-3-2-4-6-14;/h2-6,15,18,20H,7-13H2,1H3,(H,19,21);1H. The topological polar surface area (TPSA) is 70.6 Å². The van der Waals surface area contributed by atoms with Gasteiger partial charge in [-0.15, -0.1) is 12.4 Å². The Balaban J connectivity index is 0.00000264. The van der Waals surface area contributed by atoms with E-state index in [1.54, 1.807) is 7.11 Å². The van der Waals surface area contributed by atoms with E-state index in [9.17, 15) is 9.90 Å². The summed E-state index contributed by atoms with van der Waals surface area (Å²) in [4.78, 5) is 12.5. The van der Waals surface area contributed by atoms with E-state index in [1.807, 2.05) is 30.3 Å². The van der Waals surface area contributed by atoms with Gasteiger partial charge in [-0.05, 0) is 31.5 Å². The molecule has 6 heteroatoms. The fraction of sp³-hybridized carbons (Fsp3) is 0.588. The van der Waals surface area contributed by atoms with Gasteiger partial charge in [0.15, 0.2) is 0 Å². The predicted molar refractivity (Wildman–Crippen MR) is 92.8 cm³/mol. The molecular weight excluding hydrogens is 316 g/mol. The second kappa shape index (κ2) is 9.88. The number of piperidine rings is 1. The SMILES string of the molecule is COCC1(C(=O)NCC(O)Cc2ccccc2)CCNCC1.Cl. The summed E-state index contributed by atoms with van der Waals surface area (Å²) < 4.78 is 5.26. The minimum atomic E-state index is -0.576. The van der Waals surface area contributed by atoms with Crippen molar-refractivity contribution in [2.45, 2.75) is 25.4 Å². The lowest BCUT2D eigenvalue weighted by Crippen LogP contribution is -2.51. The Bertz CT molecular complexity index is 459. The number of nitrogens with one attached hydrogen (secondary N) is 2. The second-order valence-electron chi connectivity index (χ2n) is 6.02. The van der Waals surface area contributed by atoms with Crippen LogP contribution in [0, 0.1) is 5.41 Å². The number of benzene rings is 1. The molecule has 1 amide bonds. The number of amides is 1. The molecule has 1 saturated heterocycles. The Morgan fingerprint density at radius 1 is 1.35 bits per heavy atom. The zero-order valence-corrected chi connectivity index (χ0v) is 14.4. The minimum absolute atomic E-state index is 0. The van der Waals surface area contributed by atoms with Crippen LogP contribution in [-0.4, -0.2) is 50.5 Å². The van der Waals surface area contributed by atoms with Crippen molar-refractivity contribution in [3.05, 3.63) is 35.9 Å². The molecule has 0 radical (unpaired) electrons. The Morgan fingerprint density at radius 2 is 2.00 bits per heavy atom. The second-order valence-corrected chi connectivity index (χ2v) is 6.02. The van der Waals surface area contributed by atoms with E-state index in [4.69, 9.17) is 4.74 Å². The van der Waals surface area contributed by atoms with Gasteiger partial charge < -0.3 is 20.5 Å². The highest BCUT2D eigenvalue weighted by molar-refractivity contribution is 5.85. The Kier molecular flexibility index (Phi) is 8.55. The summed E-state index contributed by atoms with van der Waals surface area (Å²) in [6, 6.07) is 9.80. The fourth-order valence-electron chi connectivity index (χ4n) is 2.97. The van der Waals surface area contributed by atoms with Crippen LogP contribution in [0.4, 0.5) is 0 Å². The first kappa shape index (κ1) is 19.9. The predicted octanol–water partition coefficient (Wildman–Crippen LogP) is 1.14. The number of halogens is 1. The lowest BCUT2D eigenvalue weighted by Gasteiger charge is -2.35. The summed E-state index contributed by atoms with van der Waals surface area (Å²) in [6.45, 7) is 2.34. The van der Waals surface area contributed by atoms with Gasteiger partial charge in [0, 0.05) is 20.1 Å². The summed E-state index contributed by atoms with van der Waals surface area (Å²) >= 11 is 0. The first-order valence-electron chi connectivity index (χ1n) is 7.86. The summed E-state index contributed by atoms with van der Waals surface area (Å²) in [6.07, 6.45) is 1.50. The normalized spacial score (nSPS) is 17.8.